The molecule has 1 aliphatic rings. The van der Waals surface area contributed by atoms with E-state index in [4.69, 9.17) is 0 Å². The third-order valence-corrected chi connectivity index (χ3v) is 3.11. The summed E-state index contributed by atoms with van der Waals surface area (Å²) in [4.78, 5) is 11.5. The van der Waals surface area contributed by atoms with E-state index in [1.807, 2.05) is 19.1 Å². The number of ketones is 1. The van der Waals surface area contributed by atoms with Crippen LogP contribution in [-0.2, 0) is 17.8 Å². The molecule has 1 unspecified atom stereocenters. The van der Waals surface area contributed by atoms with Crippen LogP contribution in [0.3, 0.4) is 0 Å². The van der Waals surface area contributed by atoms with Gasteiger partial charge in [0.15, 0.2) is 0 Å². The highest BCUT2D eigenvalue weighted by Gasteiger charge is 2.33. The van der Waals surface area contributed by atoms with Crippen LogP contribution in [0.4, 0.5) is 0 Å². The smallest absolute Gasteiger partial charge is 0.149 e. The van der Waals surface area contributed by atoms with Crippen LogP contribution >= 0.6 is 0 Å². The van der Waals surface area contributed by atoms with Gasteiger partial charge in [-0.2, -0.15) is 0 Å². The SMILES string of the molecule is CC(=O)C1(C)Cc2ccccc2CN1. The second-order valence-electron chi connectivity index (χ2n) is 4.19. The van der Waals surface area contributed by atoms with E-state index < -0.39 is 0 Å². The van der Waals surface area contributed by atoms with Crippen LogP contribution < -0.4 is 5.32 Å². The van der Waals surface area contributed by atoms with Gasteiger partial charge in [-0.05, 0) is 31.4 Å². The predicted molar refractivity (Wildman–Crippen MR) is 56.1 cm³/mol. The largest absolute Gasteiger partial charge is 0.301 e. The summed E-state index contributed by atoms with van der Waals surface area (Å²) in [6.45, 7) is 4.43. The molecule has 2 nitrogen and oxygen atoms in total. The van der Waals surface area contributed by atoms with Crippen molar-refractivity contribution >= 4 is 5.78 Å². The summed E-state index contributed by atoms with van der Waals surface area (Å²) in [7, 11) is 0. The van der Waals surface area contributed by atoms with Gasteiger partial charge in [0.05, 0.1) is 5.54 Å². The lowest BCUT2D eigenvalue weighted by molar-refractivity contribution is -0.123. The molecule has 74 valence electrons. The molecule has 0 amide bonds. The highest BCUT2D eigenvalue weighted by Crippen LogP contribution is 2.23. The first kappa shape index (κ1) is 9.41. The molecule has 0 radical (unpaired) electrons. The molecule has 14 heavy (non-hydrogen) atoms. The number of carbonyl (C=O) groups excluding carboxylic acids is 1. The van der Waals surface area contributed by atoms with Gasteiger partial charge < -0.3 is 5.32 Å². The van der Waals surface area contributed by atoms with Crippen molar-refractivity contribution in [3.05, 3.63) is 35.4 Å². The first-order valence-electron chi connectivity index (χ1n) is 4.95. The molecular formula is C12H15NO. The Morgan fingerprint density at radius 3 is 2.64 bits per heavy atom. The number of carbonyl (C=O) groups is 1. The molecule has 2 heteroatoms. The third-order valence-electron chi connectivity index (χ3n) is 3.11. The lowest BCUT2D eigenvalue weighted by atomic mass is 9.84. The average Bonchev–Trinajstić information content (AvgIpc) is 2.17. The minimum absolute atomic E-state index is 0.215. The Morgan fingerprint density at radius 1 is 1.36 bits per heavy atom. The molecule has 1 aromatic carbocycles. The first-order valence-corrected chi connectivity index (χ1v) is 4.95. The second-order valence-corrected chi connectivity index (χ2v) is 4.19. The lowest BCUT2D eigenvalue weighted by Crippen LogP contribution is -2.52. The van der Waals surface area contributed by atoms with Crippen molar-refractivity contribution in [3.63, 3.8) is 0 Å². The normalized spacial score (nSPS) is 25.6. The van der Waals surface area contributed by atoms with Crippen LogP contribution in [0.5, 0.6) is 0 Å². The molecule has 0 saturated carbocycles. The summed E-state index contributed by atoms with van der Waals surface area (Å²) in [6, 6.07) is 8.29. The maximum absolute atomic E-state index is 11.5. The zero-order valence-corrected chi connectivity index (χ0v) is 8.63. The molecule has 1 aromatic rings. The molecule has 1 heterocycles. The molecule has 1 aliphatic heterocycles. The van der Waals surface area contributed by atoms with Crippen LogP contribution in [0.2, 0.25) is 0 Å². The molecule has 0 spiro atoms. The predicted octanol–water partition coefficient (Wildman–Crippen LogP) is 1.68. The van der Waals surface area contributed by atoms with E-state index in [-0.39, 0.29) is 11.3 Å². The molecule has 0 aromatic heterocycles. The van der Waals surface area contributed by atoms with Gasteiger partial charge in [-0.15, -0.1) is 0 Å². The molecule has 1 N–H and O–H groups in total. The first-order chi connectivity index (χ1) is 6.62. The summed E-state index contributed by atoms with van der Waals surface area (Å²) >= 11 is 0. The monoisotopic (exact) mass is 189 g/mol. The van der Waals surface area contributed by atoms with E-state index in [0.717, 1.165) is 13.0 Å². The van der Waals surface area contributed by atoms with Gasteiger partial charge in [-0.3, -0.25) is 4.79 Å². The summed E-state index contributed by atoms with van der Waals surface area (Å²) in [5.41, 5.74) is 2.24. The van der Waals surface area contributed by atoms with Gasteiger partial charge in [-0.25, -0.2) is 0 Å². The topological polar surface area (TPSA) is 29.1 Å². The zero-order chi connectivity index (χ0) is 10.2. The summed E-state index contributed by atoms with van der Waals surface area (Å²) < 4.78 is 0. The number of hydrogen-bond acceptors (Lipinski definition) is 2. The van der Waals surface area contributed by atoms with Crippen molar-refractivity contribution in [1.29, 1.82) is 0 Å². The van der Waals surface area contributed by atoms with Crippen LogP contribution in [0.15, 0.2) is 24.3 Å². The summed E-state index contributed by atoms with van der Waals surface area (Å²) in [5.74, 6) is 0.215. The zero-order valence-electron chi connectivity index (χ0n) is 8.63. The fraction of sp³-hybridized carbons (Fsp3) is 0.417. The molecule has 0 fully saturated rings. The molecule has 2 rings (SSSR count). The number of rotatable bonds is 1. The van der Waals surface area contributed by atoms with Gasteiger partial charge in [0.25, 0.3) is 0 Å². The highest BCUT2D eigenvalue weighted by molar-refractivity contribution is 5.86. The van der Waals surface area contributed by atoms with Crippen LogP contribution in [0.25, 0.3) is 0 Å². The van der Waals surface area contributed by atoms with E-state index >= 15 is 0 Å². The number of hydrogen-bond donors (Lipinski definition) is 1. The quantitative estimate of drug-likeness (QED) is 0.728. The Labute approximate surface area is 84.3 Å². The van der Waals surface area contributed by atoms with Gasteiger partial charge in [0.2, 0.25) is 0 Å². The number of fused-ring (bicyclic) bond motifs is 1. The Morgan fingerprint density at radius 2 is 2.00 bits per heavy atom. The molecular weight excluding hydrogens is 174 g/mol. The van der Waals surface area contributed by atoms with Crippen molar-refractivity contribution in [2.75, 3.05) is 0 Å². The Balaban J connectivity index is 2.34. The maximum Gasteiger partial charge on any atom is 0.149 e. The van der Waals surface area contributed by atoms with E-state index in [1.165, 1.54) is 11.1 Å². The minimum atomic E-state index is -0.367. The van der Waals surface area contributed by atoms with Gasteiger partial charge in [-0.1, -0.05) is 24.3 Å². The second kappa shape index (κ2) is 3.21. The molecule has 1 atom stereocenters. The van der Waals surface area contributed by atoms with Crippen LogP contribution in [0.1, 0.15) is 25.0 Å². The van der Waals surface area contributed by atoms with Gasteiger partial charge >= 0.3 is 0 Å². The van der Waals surface area contributed by atoms with E-state index in [1.54, 1.807) is 6.92 Å². The third kappa shape index (κ3) is 1.46. The Bertz CT molecular complexity index is 372. The average molecular weight is 189 g/mol. The van der Waals surface area contributed by atoms with Crippen LogP contribution in [0, 0.1) is 0 Å². The van der Waals surface area contributed by atoms with Crippen LogP contribution in [-0.4, -0.2) is 11.3 Å². The van der Waals surface area contributed by atoms with Crippen molar-refractivity contribution < 1.29 is 4.79 Å². The Kier molecular flexibility index (Phi) is 2.16. The van der Waals surface area contributed by atoms with E-state index in [2.05, 4.69) is 17.4 Å². The fourth-order valence-corrected chi connectivity index (χ4v) is 1.89. The van der Waals surface area contributed by atoms with E-state index in [0.29, 0.717) is 0 Å². The molecule has 0 bridgehead atoms. The molecule has 0 saturated heterocycles. The fourth-order valence-electron chi connectivity index (χ4n) is 1.89. The number of Topliss-reactive ketones (excluding diaryl/α,β-unsaturated/α-hetero) is 1. The van der Waals surface area contributed by atoms with Gasteiger partial charge in [0.1, 0.15) is 5.78 Å². The summed E-state index contributed by atoms with van der Waals surface area (Å²) in [6.07, 6.45) is 0.804. The van der Waals surface area contributed by atoms with Crippen molar-refractivity contribution in [2.24, 2.45) is 0 Å². The number of nitrogens with one attached hydrogen (secondary N) is 1. The van der Waals surface area contributed by atoms with Crippen molar-refractivity contribution in [3.8, 4) is 0 Å². The Hall–Kier alpha value is -1.15. The number of benzene rings is 1. The minimum Gasteiger partial charge on any atom is -0.301 e. The van der Waals surface area contributed by atoms with E-state index in [9.17, 15) is 4.79 Å². The van der Waals surface area contributed by atoms with Crippen molar-refractivity contribution in [2.45, 2.75) is 32.4 Å². The standard InChI is InChI=1S/C12H15NO/c1-9(14)12(2)7-10-5-3-4-6-11(10)8-13-12/h3-6,13H,7-8H2,1-2H3. The maximum atomic E-state index is 11.5. The molecule has 0 aliphatic carbocycles. The summed E-state index contributed by atoms with van der Waals surface area (Å²) in [5, 5.41) is 3.30. The highest BCUT2D eigenvalue weighted by atomic mass is 16.1. The van der Waals surface area contributed by atoms with Crippen molar-refractivity contribution in [1.82, 2.24) is 5.32 Å². The lowest BCUT2D eigenvalue weighted by Gasteiger charge is -2.34. The van der Waals surface area contributed by atoms with Gasteiger partial charge in [0, 0.05) is 6.54 Å².